The first-order valence-corrected chi connectivity index (χ1v) is 11.7. The minimum atomic E-state index is -1.03. The summed E-state index contributed by atoms with van der Waals surface area (Å²) in [6, 6.07) is 13.1. The van der Waals surface area contributed by atoms with Gasteiger partial charge in [0.15, 0.2) is 28.4 Å². The lowest BCUT2D eigenvalue weighted by Gasteiger charge is -2.25. The zero-order chi connectivity index (χ0) is 27.0. The molecule has 3 aromatic carbocycles. The third-order valence-corrected chi connectivity index (χ3v) is 6.39. The van der Waals surface area contributed by atoms with Crippen LogP contribution in [0.2, 0.25) is 0 Å². The van der Waals surface area contributed by atoms with Crippen LogP contribution < -0.4 is 19.6 Å². The van der Waals surface area contributed by atoms with Gasteiger partial charge in [-0.1, -0.05) is 30.3 Å². The number of fused-ring (bicyclic) bond motifs is 2. The van der Waals surface area contributed by atoms with Gasteiger partial charge in [0.25, 0.3) is 0 Å². The Morgan fingerprint density at radius 1 is 0.974 bits per heavy atom. The summed E-state index contributed by atoms with van der Waals surface area (Å²) in [6.45, 7) is 0.601. The van der Waals surface area contributed by atoms with Crippen molar-refractivity contribution >= 4 is 16.9 Å². The number of phenols is 3. The second-order valence-corrected chi connectivity index (χ2v) is 8.58. The average molecular weight is 520 g/mol. The summed E-state index contributed by atoms with van der Waals surface area (Å²) in [5, 5.41) is 32.0. The number of benzene rings is 3. The largest absolute Gasteiger partial charge is 0.504 e. The van der Waals surface area contributed by atoms with Gasteiger partial charge in [-0.3, -0.25) is 9.59 Å². The third kappa shape index (κ3) is 4.19. The Kier molecular flexibility index (Phi) is 6.46. The van der Waals surface area contributed by atoms with E-state index in [9.17, 15) is 24.9 Å². The monoisotopic (exact) mass is 520 g/mol. The minimum Gasteiger partial charge on any atom is -0.504 e. The molecule has 0 saturated heterocycles. The highest BCUT2D eigenvalue weighted by atomic mass is 16.6. The van der Waals surface area contributed by atoms with Gasteiger partial charge in [0.1, 0.15) is 29.9 Å². The van der Waals surface area contributed by atoms with Gasteiger partial charge < -0.3 is 38.7 Å². The van der Waals surface area contributed by atoms with Gasteiger partial charge in [-0.2, -0.15) is 0 Å². The molecule has 4 aromatic rings. The summed E-state index contributed by atoms with van der Waals surface area (Å²) in [5.41, 5.74) is 0.0120. The molecule has 0 amide bonds. The third-order valence-electron chi connectivity index (χ3n) is 6.39. The van der Waals surface area contributed by atoms with E-state index in [1.807, 2.05) is 0 Å². The van der Waals surface area contributed by atoms with Crippen molar-refractivity contribution in [2.75, 3.05) is 27.4 Å². The molecule has 5 rings (SSSR count). The number of esters is 1. The molecule has 3 N–H and O–H groups in total. The Morgan fingerprint density at radius 2 is 1.71 bits per heavy atom. The average Bonchev–Trinajstić information content (AvgIpc) is 2.94. The summed E-state index contributed by atoms with van der Waals surface area (Å²) in [6.07, 6.45) is -0.328. The molecule has 0 spiro atoms. The first-order valence-electron chi connectivity index (χ1n) is 11.7. The van der Waals surface area contributed by atoms with Crippen molar-refractivity contribution in [2.45, 2.75) is 12.3 Å². The Bertz CT molecular complexity index is 1570. The SMILES string of the molecule is COC(=O)CC(c1cc(OC)c2c(c1)OCCO2)c1c(O)c(O)c(O)c2c(=O)cc(-c3ccccc3)oc12. The molecule has 1 unspecified atom stereocenters. The lowest BCUT2D eigenvalue weighted by atomic mass is 9.85. The summed E-state index contributed by atoms with van der Waals surface area (Å²) in [4.78, 5) is 25.7. The van der Waals surface area contributed by atoms with E-state index in [1.54, 1.807) is 42.5 Å². The highest BCUT2D eigenvalue weighted by Crippen LogP contribution is 2.51. The predicted octanol–water partition coefficient (Wildman–Crippen LogP) is 4.05. The van der Waals surface area contributed by atoms with E-state index in [-0.39, 0.29) is 35.3 Å². The van der Waals surface area contributed by atoms with Crippen molar-refractivity contribution in [3.8, 4) is 45.8 Å². The maximum Gasteiger partial charge on any atom is 0.306 e. The Hall–Kier alpha value is -4.86. The van der Waals surface area contributed by atoms with Gasteiger partial charge in [0, 0.05) is 23.1 Å². The number of carbonyl (C=O) groups excluding carboxylic acids is 1. The van der Waals surface area contributed by atoms with Gasteiger partial charge in [-0.15, -0.1) is 0 Å². The molecular formula is C28H24O10. The van der Waals surface area contributed by atoms with Crippen LogP contribution in [0.15, 0.2) is 57.7 Å². The minimum absolute atomic E-state index is 0.102. The highest BCUT2D eigenvalue weighted by molar-refractivity contribution is 5.93. The molecule has 0 radical (unpaired) electrons. The molecule has 0 saturated carbocycles. The summed E-state index contributed by atoms with van der Waals surface area (Å²) >= 11 is 0. The smallest absolute Gasteiger partial charge is 0.306 e. The molecule has 0 aliphatic carbocycles. The second-order valence-electron chi connectivity index (χ2n) is 8.58. The molecule has 1 atom stereocenters. The second kappa shape index (κ2) is 9.89. The predicted molar refractivity (Wildman–Crippen MR) is 135 cm³/mol. The van der Waals surface area contributed by atoms with E-state index in [1.165, 1.54) is 20.3 Å². The first-order chi connectivity index (χ1) is 18.3. The van der Waals surface area contributed by atoms with Crippen molar-refractivity contribution in [2.24, 2.45) is 0 Å². The Labute approximate surface area is 216 Å². The van der Waals surface area contributed by atoms with E-state index in [2.05, 4.69) is 0 Å². The summed E-state index contributed by atoms with van der Waals surface area (Å²) in [7, 11) is 2.65. The quantitative estimate of drug-likeness (QED) is 0.251. The number of hydrogen-bond donors (Lipinski definition) is 3. The first kappa shape index (κ1) is 24.8. The fourth-order valence-corrected chi connectivity index (χ4v) is 4.57. The number of methoxy groups -OCH3 is 2. The zero-order valence-corrected chi connectivity index (χ0v) is 20.5. The maximum atomic E-state index is 13.2. The molecule has 196 valence electrons. The van der Waals surface area contributed by atoms with E-state index in [4.69, 9.17) is 23.4 Å². The van der Waals surface area contributed by atoms with E-state index < -0.39 is 34.6 Å². The van der Waals surface area contributed by atoms with Crippen LogP contribution in [-0.2, 0) is 9.53 Å². The van der Waals surface area contributed by atoms with Gasteiger partial charge in [0.05, 0.1) is 20.6 Å². The fraction of sp³-hybridized carbons (Fsp3) is 0.214. The number of rotatable bonds is 6. The van der Waals surface area contributed by atoms with Gasteiger partial charge in [0.2, 0.25) is 11.5 Å². The fourth-order valence-electron chi connectivity index (χ4n) is 4.57. The molecule has 10 heteroatoms. The van der Waals surface area contributed by atoms with E-state index in [0.717, 1.165) is 0 Å². The molecule has 1 aliphatic heterocycles. The van der Waals surface area contributed by atoms with E-state index in [0.29, 0.717) is 35.0 Å². The standard InChI is InChI=1S/C28H24O10/c1-34-19-10-15(11-20-27(19)37-9-8-36-20)16(12-21(30)35-2)22-24(31)26(33)25(32)23-17(29)13-18(38-28(22)23)14-6-4-3-5-7-14/h3-7,10-11,13,16,31-33H,8-9,12H2,1-2H3. The number of hydrogen-bond acceptors (Lipinski definition) is 10. The summed E-state index contributed by atoms with van der Waals surface area (Å²) in [5.74, 6) is -3.01. The zero-order valence-electron chi connectivity index (χ0n) is 20.5. The van der Waals surface area contributed by atoms with Crippen molar-refractivity contribution in [3.05, 3.63) is 69.9 Å². The van der Waals surface area contributed by atoms with Gasteiger partial charge >= 0.3 is 5.97 Å². The molecule has 1 aliphatic rings. The molecule has 38 heavy (non-hydrogen) atoms. The Morgan fingerprint density at radius 3 is 2.42 bits per heavy atom. The van der Waals surface area contributed by atoms with Crippen molar-refractivity contribution in [3.63, 3.8) is 0 Å². The molecule has 0 bridgehead atoms. The van der Waals surface area contributed by atoms with Crippen LogP contribution in [0.1, 0.15) is 23.5 Å². The number of phenolic OH excluding ortho intramolecular Hbond substituents is 3. The van der Waals surface area contributed by atoms with Crippen LogP contribution in [0, 0.1) is 0 Å². The van der Waals surface area contributed by atoms with Gasteiger partial charge in [-0.25, -0.2) is 0 Å². The molecule has 2 heterocycles. The van der Waals surface area contributed by atoms with Crippen LogP contribution >= 0.6 is 0 Å². The maximum absolute atomic E-state index is 13.2. The number of ether oxygens (including phenoxy) is 4. The molecule has 1 aromatic heterocycles. The molecule has 0 fully saturated rings. The van der Waals surface area contributed by atoms with Crippen LogP contribution in [0.5, 0.6) is 34.5 Å². The lowest BCUT2D eigenvalue weighted by molar-refractivity contribution is -0.140. The molecular weight excluding hydrogens is 496 g/mol. The van der Waals surface area contributed by atoms with Gasteiger partial charge in [-0.05, 0) is 17.7 Å². The van der Waals surface area contributed by atoms with Crippen molar-refractivity contribution in [1.29, 1.82) is 0 Å². The van der Waals surface area contributed by atoms with Crippen LogP contribution in [0.25, 0.3) is 22.3 Å². The normalized spacial score (nSPS) is 13.2. The highest BCUT2D eigenvalue weighted by Gasteiger charge is 2.33. The van der Waals surface area contributed by atoms with Crippen molar-refractivity contribution < 1.29 is 43.5 Å². The summed E-state index contributed by atoms with van der Waals surface area (Å²) < 4.78 is 27.9. The lowest BCUT2D eigenvalue weighted by Crippen LogP contribution is -2.17. The van der Waals surface area contributed by atoms with E-state index >= 15 is 0 Å². The van der Waals surface area contributed by atoms with Crippen LogP contribution in [0.3, 0.4) is 0 Å². The van der Waals surface area contributed by atoms with Crippen LogP contribution in [-0.4, -0.2) is 48.7 Å². The van der Waals surface area contributed by atoms with Crippen LogP contribution in [0.4, 0.5) is 0 Å². The number of carbonyl (C=O) groups is 1. The number of aromatic hydroxyl groups is 3. The Balaban J connectivity index is 1.84. The molecule has 10 nitrogen and oxygen atoms in total. The topological polar surface area (TPSA) is 145 Å². The van der Waals surface area contributed by atoms with Crippen molar-refractivity contribution in [1.82, 2.24) is 0 Å².